The highest BCUT2D eigenvalue weighted by molar-refractivity contribution is 7.25. The van der Waals surface area contributed by atoms with Crippen molar-refractivity contribution in [3.8, 4) is 51.0 Å². The molecule has 0 atom stereocenters. The summed E-state index contributed by atoms with van der Waals surface area (Å²) in [5.74, 6) is 1.88. The molecule has 2 aliphatic carbocycles. The maximum atomic E-state index is 5.42. The van der Waals surface area contributed by atoms with E-state index in [-0.39, 0.29) is 0 Å². The molecule has 0 radical (unpaired) electrons. The second-order valence-electron chi connectivity index (χ2n) is 15.1. The van der Waals surface area contributed by atoms with Crippen LogP contribution in [-0.2, 0) is 5.41 Å². The fraction of sp³-hybridized carbons (Fsp3) is 0.0192. The minimum absolute atomic E-state index is 0.465. The molecule has 0 fully saturated rings. The standard InChI is InChI=1S/C52H30N4S/c1-2-14-31(15-3-1)49-53-50(32-26-27-37-36-19-8-13-25-45(36)57-46(37)30-32)55-51(54-49)56-44-24-12-7-18-35(44)38-28-29-43-47(48(38)56)39-20-6-11-23-42(39)52(43)40-21-9-4-16-33(40)34-17-5-10-22-41(34)52/h1-30H. The van der Waals surface area contributed by atoms with Crippen molar-refractivity contribution in [3.05, 3.63) is 204 Å². The summed E-state index contributed by atoms with van der Waals surface area (Å²) in [6.45, 7) is 0. The molecule has 57 heavy (non-hydrogen) atoms. The zero-order valence-corrected chi connectivity index (χ0v) is 31.3. The highest BCUT2D eigenvalue weighted by Crippen LogP contribution is 2.64. The van der Waals surface area contributed by atoms with Crippen LogP contribution in [-0.4, -0.2) is 19.5 Å². The third-order valence-electron chi connectivity index (χ3n) is 12.3. The molecule has 0 unspecified atom stereocenters. The number of hydrogen-bond donors (Lipinski definition) is 0. The van der Waals surface area contributed by atoms with Crippen LogP contribution < -0.4 is 0 Å². The quantitative estimate of drug-likeness (QED) is 0.181. The summed E-state index contributed by atoms with van der Waals surface area (Å²) in [6, 6.07) is 65.9. The van der Waals surface area contributed by atoms with Crippen molar-refractivity contribution >= 4 is 53.3 Å². The number of thiophene rings is 1. The average molecular weight is 743 g/mol. The summed E-state index contributed by atoms with van der Waals surface area (Å²) in [5, 5.41) is 4.86. The predicted molar refractivity (Wildman–Crippen MR) is 234 cm³/mol. The van der Waals surface area contributed by atoms with Crippen molar-refractivity contribution in [1.82, 2.24) is 19.5 Å². The van der Waals surface area contributed by atoms with Gasteiger partial charge in [-0.3, -0.25) is 4.57 Å². The summed E-state index contributed by atoms with van der Waals surface area (Å²) >= 11 is 1.81. The summed E-state index contributed by atoms with van der Waals surface area (Å²) in [4.78, 5) is 16.0. The SMILES string of the molecule is c1ccc(-c2nc(-c3ccc4c(c3)sc3ccccc34)nc(-n3c4ccccc4c4ccc5c(c43)-c3ccccc3C53c4ccccc4-c4ccccc43)n2)cc1. The van der Waals surface area contributed by atoms with E-state index in [4.69, 9.17) is 15.0 Å². The van der Waals surface area contributed by atoms with Crippen molar-refractivity contribution in [1.29, 1.82) is 0 Å². The summed E-state index contributed by atoms with van der Waals surface area (Å²) in [7, 11) is 0. The minimum Gasteiger partial charge on any atom is -0.277 e. The van der Waals surface area contributed by atoms with E-state index in [1.54, 1.807) is 11.3 Å². The molecule has 5 heteroatoms. The second-order valence-corrected chi connectivity index (χ2v) is 16.2. The predicted octanol–water partition coefficient (Wildman–Crippen LogP) is 13.0. The van der Waals surface area contributed by atoms with Gasteiger partial charge < -0.3 is 0 Å². The molecule has 8 aromatic carbocycles. The Kier molecular flexibility index (Phi) is 6.22. The Morgan fingerprint density at radius 1 is 0.404 bits per heavy atom. The number of aromatic nitrogens is 4. The van der Waals surface area contributed by atoms with Gasteiger partial charge in [0, 0.05) is 47.6 Å². The molecular weight excluding hydrogens is 713 g/mol. The van der Waals surface area contributed by atoms with Crippen LogP contribution in [0, 0.1) is 0 Å². The fourth-order valence-corrected chi connectivity index (χ4v) is 11.2. The fourth-order valence-electron chi connectivity index (χ4n) is 10.0. The van der Waals surface area contributed by atoms with Gasteiger partial charge in [0.05, 0.1) is 16.4 Å². The number of para-hydroxylation sites is 1. The van der Waals surface area contributed by atoms with E-state index in [1.807, 2.05) is 18.2 Å². The normalized spacial score (nSPS) is 13.4. The van der Waals surface area contributed by atoms with Gasteiger partial charge in [-0.25, -0.2) is 4.98 Å². The van der Waals surface area contributed by atoms with E-state index in [0.29, 0.717) is 17.6 Å². The highest BCUT2D eigenvalue weighted by Gasteiger charge is 2.52. The van der Waals surface area contributed by atoms with Crippen LogP contribution in [0.2, 0.25) is 0 Å². The highest BCUT2D eigenvalue weighted by atomic mass is 32.1. The Morgan fingerprint density at radius 3 is 1.75 bits per heavy atom. The first-order valence-electron chi connectivity index (χ1n) is 19.4. The lowest BCUT2D eigenvalue weighted by Gasteiger charge is -2.30. The molecule has 13 rings (SSSR count). The summed E-state index contributed by atoms with van der Waals surface area (Å²) in [5.41, 5.74) is 13.9. The van der Waals surface area contributed by atoms with Gasteiger partial charge in [0.2, 0.25) is 5.95 Å². The van der Waals surface area contributed by atoms with Crippen LogP contribution in [0.5, 0.6) is 0 Å². The summed E-state index contributed by atoms with van der Waals surface area (Å²) < 4.78 is 4.79. The van der Waals surface area contributed by atoms with Crippen LogP contribution in [0.15, 0.2) is 182 Å². The maximum absolute atomic E-state index is 5.42. The number of benzene rings is 8. The van der Waals surface area contributed by atoms with Crippen LogP contribution in [0.3, 0.4) is 0 Å². The number of fused-ring (bicyclic) bond motifs is 17. The molecule has 0 saturated heterocycles. The molecule has 4 nitrogen and oxygen atoms in total. The number of nitrogens with zero attached hydrogens (tertiary/aromatic N) is 4. The Labute approximate surface area is 332 Å². The first-order valence-corrected chi connectivity index (χ1v) is 20.2. The van der Waals surface area contributed by atoms with Crippen molar-refractivity contribution in [2.45, 2.75) is 5.41 Å². The van der Waals surface area contributed by atoms with E-state index in [2.05, 4.69) is 168 Å². The Balaban J connectivity index is 1.15. The Hall–Kier alpha value is -7.21. The van der Waals surface area contributed by atoms with Gasteiger partial charge in [-0.05, 0) is 57.1 Å². The van der Waals surface area contributed by atoms with Gasteiger partial charge in [-0.15, -0.1) is 11.3 Å². The topological polar surface area (TPSA) is 43.6 Å². The second kappa shape index (κ2) is 11.4. The average Bonchev–Trinajstić information content (AvgIpc) is 4.00. The van der Waals surface area contributed by atoms with E-state index in [9.17, 15) is 0 Å². The van der Waals surface area contributed by atoms with E-state index in [0.717, 1.165) is 27.5 Å². The maximum Gasteiger partial charge on any atom is 0.238 e. The number of rotatable bonds is 3. The zero-order valence-electron chi connectivity index (χ0n) is 30.5. The molecule has 0 N–H and O–H groups in total. The lowest BCUT2D eigenvalue weighted by Crippen LogP contribution is -2.25. The smallest absolute Gasteiger partial charge is 0.238 e. The molecule has 3 heterocycles. The van der Waals surface area contributed by atoms with Gasteiger partial charge in [-0.1, -0.05) is 164 Å². The largest absolute Gasteiger partial charge is 0.277 e. The molecule has 0 amide bonds. The van der Waals surface area contributed by atoms with Gasteiger partial charge >= 0.3 is 0 Å². The van der Waals surface area contributed by atoms with Gasteiger partial charge in [0.1, 0.15) is 0 Å². The van der Waals surface area contributed by atoms with Gasteiger partial charge in [0.25, 0.3) is 0 Å². The van der Waals surface area contributed by atoms with Crippen molar-refractivity contribution in [2.24, 2.45) is 0 Å². The van der Waals surface area contributed by atoms with Crippen LogP contribution in [0.4, 0.5) is 0 Å². The molecule has 11 aromatic rings. The molecule has 0 saturated carbocycles. The van der Waals surface area contributed by atoms with Gasteiger partial charge in [0.15, 0.2) is 11.6 Å². The third kappa shape index (κ3) is 4.08. The third-order valence-corrected chi connectivity index (χ3v) is 13.4. The lowest BCUT2D eigenvalue weighted by molar-refractivity contribution is 0.794. The summed E-state index contributed by atoms with van der Waals surface area (Å²) in [6.07, 6.45) is 0. The van der Waals surface area contributed by atoms with Crippen LogP contribution in [0.1, 0.15) is 22.3 Å². The molecular formula is C52H30N4S. The minimum atomic E-state index is -0.465. The van der Waals surface area contributed by atoms with Crippen LogP contribution >= 0.6 is 11.3 Å². The molecule has 0 bridgehead atoms. The lowest BCUT2D eigenvalue weighted by atomic mass is 9.70. The first-order chi connectivity index (χ1) is 28.3. The molecule has 264 valence electrons. The monoisotopic (exact) mass is 742 g/mol. The zero-order chi connectivity index (χ0) is 37.2. The van der Waals surface area contributed by atoms with Crippen molar-refractivity contribution < 1.29 is 0 Å². The first kappa shape index (κ1) is 31.0. The number of hydrogen-bond acceptors (Lipinski definition) is 4. The Morgan fingerprint density at radius 2 is 0.982 bits per heavy atom. The van der Waals surface area contributed by atoms with E-state index in [1.165, 1.54) is 70.1 Å². The van der Waals surface area contributed by atoms with Crippen molar-refractivity contribution in [2.75, 3.05) is 0 Å². The molecule has 0 aliphatic heterocycles. The molecule has 1 spiro atoms. The molecule has 2 aliphatic rings. The van der Waals surface area contributed by atoms with Gasteiger partial charge in [-0.2, -0.15) is 9.97 Å². The van der Waals surface area contributed by atoms with Crippen LogP contribution in [0.25, 0.3) is 93.0 Å². The molecule has 3 aromatic heterocycles. The van der Waals surface area contributed by atoms with Crippen molar-refractivity contribution in [3.63, 3.8) is 0 Å². The Bertz CT molecular complexity index is 3440. The van der Waals surface area contributed by atoms with E-state index >= 15 is 0 Å². The van der Waals surface area contributed by atoms with E-state index < -0.39 is 5.41 Å².